The second kappa shape index (κ2) is 77.3. The molecule has 0 bridgehead atoms. The van der Waals surface area contributed by atoms with Crippen LogP contribution in [0.3, 0.4) is 0 Å². The van der Waals surface area contributed by atoms with Crippen LogP contribution >= 0.6 is 57.0 Å². The molecule has 1 N–H and O–H groups in total. The van der Waals surface area contributed by atoms with Crippen molar-refractivity contribution in [1.29, 1.82) is 0 Å². The molecule has 1 aliphatic heterocycles. The molecular weight excluding hydrogens is 527 g/mol. The first kappa shape index (κ1) is 58.2. The van der Waals surface area contributed by atoms with Gasteiger partial charge in [0.05, 0.1) is 6.61 Å². The average molecular weight is 570 g/mol. The Hall–Kier alpha value is 2.05. The predicted molar refractivity (Wildman–Crippen MR) is 138 cm³/mol. The van der Waals surface area contributed by atoms with Crippen molar-refractivity contribution in [2.75, 3.05) is 38.2 Å². The van der Waals surface area contributed by atoms with E-state index in [1.807, 2.05) is 13.8 Å². The molecule has 13 heteroatoms. The van der Waals surface area contributed by atoms with Crippen LogP contribution in [0.4, 0.5) is 0 Å². The van der Waals surface area contributed by atoms with E-state index in [4.69, 9.17) is 37.3 Å². The molecule has 0 aliphatic carbocycles. The Morgan fingerprint density at radius 2 is 1.23 bits per heavy atom. The van der Waals surface area contributed by atoms with Crippen molar-refractivity contribution in [3.05, 3.63) is 0 Å². The third-order valence-corrected chi connectivity index (χ3v) is 1.17. The Labute approximate surface area is 239 Å². The number of carbonyl (C=O) groups is 1. The van der Waals surface area contributed by atoms with Crippen molar-refractivity contribution < 1.29 is 54.6 Å². The number of aliphatic hydroxyl groups is 1. The predicted octanol–water partition coefficient (Wildman–Crippen LogP) is 3.47. The number of hydrogen-bond acceptors (Lipinski definition) is 5. The van der Waals surface area contributed by atoms with E-state index in [2.05, 4.69) is 39.9 Å². The third kappa shape index (κ3) is 251. The van der Waals surface area contributed by atoms with E-state index in [-0.39, 0.29) is 64.4 Å². The van der Waals surface area contributed by atoms with Crippen LogP contribution in [0.15, 0.2) is 0 Å². The Balaban J connectivity index is -0.0000000207. The second-order valence-corrected chi connectivity index (χ2v) is 7.58. The molecule has 0 saturated carbocycles. The van der Waals surface area contributed by atoms with E-state index in [1.54, 1.807) is 13.8 Å². The van der Waals surface area contributed by atoms with E-state index < -0.39 is 9.23 Å². The van der Waals surface area contributed by atoms with Gasteiger partial charge in [-0.05, 0) is 26.7 Å². The van der Waals surface area contributed by atoms with Gasteiger partial charge in [0, 0.05) is 68.3 Å². The molecule has 0 spiro atoms. The first-order valence-corrected chi connectivity index (χ1v) is 12.7. The SMILES string of the molecule is C1CCOC1.CCC.CCCl.CCCl.CCO.CCOC(C)=O.Cl.O=S(Cl)Cl.[B].[H-].[Na+]. The van der Waals surface area contributed by atoms with Crippen LogP contribution in [-0.4, -0.2) is 61.9 Å². The van der Waals surface area contributed by atoms with E-state index in [9.17, 15) is 4.79 Å². The number of hydrogen-bond donors (Lipinski definition) is 1. The summed E-state index contributed by atoms with van der Waals surface area (Å²) >= 11 is 10.00. The minimum atomic E-state index is -1.67. The summed E-state index contributed by atoms with van der Waals surface area (Å²) in [5.74, 6) is 1.23. The van der Waals surface area contributed by atoms with Gasteiger partial charge in [-0.25, -0.2) is 4.21 Å². The zero-order valence-corrected chi connectivity index (χ0v) is 26.5. The summed E-state index contributed by atoms with van der Waals surface area (Å²) in [4.78, 5) is 9.82. The van der Waals surface area contributed by atoms with Crippen molar-refractivity contribution in [2.24, 2.45) is 0 Å². The molecule has 5 nitrogen and oxygen atoms in total. The summed E-state index contributed by atoms with van der Waals surface area (Å²) in [6.07, 6.45) is 3.81. The molecule has 30 heavy (non-hydrogen) atoms. The number of aliphatic hydroxyl groups excluding tert-OH is 1. The smallest absolute Gasteiger partial charge is 1.00 e. The number of ether oxygens (including phenoxy) is 2. The van der Waals surface area contributed by atoms with Crippen LogP contribution in [0.5, 0.6) is 0 Å². The molecule has 0 aromatic heterocycles. The summed E-state index contributed by atoms with van der Waals surface area (Å²) < 4.78 is 18.4. The molecule has 1 rings (SSSR count). The van der Waals surface area contributed by atoms with Crippen molar-refractivity contribution in [1.82, 2.24) is 0 Å². The summed E-state index contributed by atoms with van der Waals surface area (Å²) in [7, 11) is 7.36. The fourth-order valence-electron chi connectivity index (χ4n) is 0.714. The maximum Gasteiger partial charge on any atom is 1.00 e. The van der Waals surface area contributed by atoms with Gasteiger partial charge in [-0.2, -0.15) is 0 Å². The van der Waals surface area contributed by atoms with Crippen molar-refractivity contribution in [2.45, 2.75) is 67.7 Å². The standard InChI is InChI=1S/C4H8O2.C4H8O.C3H8.2C2H5Cl.C2H6O.B.Cl2OS.ClH.Na.H/c1-3-6-4(2)5;1-2-4-5-3-1;1-3-2;3*1-2-3;;1-4(2)3;;;/h3H2,1-2H3;1-4H2;3H2,1-2H3;2*2H2,1H3;3H,2H2,1H3;;;1H;;/q;;;;;;;;;+1;-1. The van der Waals surface area contributed by atoms with E-state index in [0.29, 0.717) is 6.61 Å². The van der Waals surface area contributed by atoms with Crippen LogP contribution in [0, 0.1) is 0 Å². The summed E-state index contributed by atoms with van der Waals surface area (Å²) in [6.45, 7) is 15.6. The van der Waals surface area contributed by atoms with Crippen molar-refractivity contribution in [3.63, 3.8) is 0 Å². The molecule has 0 atom stereocenters. The van der Waals surface area contributed by atoms with Crippen molar-refractivity contribution in [3.8, 4) is 0 Å². The van der Waals surface area contributed by atoms with Crippen LogP contribution in [0.1, 0.15) is 69.2 Å². The molecular formula is C17H42BCl5NaO5S. The molecule has 1 fully saturated rings. The number of halogens is 5. The first-order chi connectivity index (χ1) is 12.7. The van der Waals surface area contributed by atoms with Gasteiger partial charge in [0.2, 0.25) is 9.23 Å². The second-order valence-electron chi connectivity index (χ2n) is 3.99. The monoisotopic (exact) mass is 567 g/mol. The van der Waals surface area contributed by atoms with Gasteiger partial charge in [0.1, 0.15) is 0 Å². The molecule has 1 heterocycles. The number of carbonyl (C=O) groups excluding carboxylic acids is 1. The summed E-state index contributed by atoms with van der Waals surface area (Å²) in [5, 5.41) is 7.57. The van der Waals surface area contributed by atoms with E-state index >= 15 is 0 Å². The van der Waals surface area contributed by atoms with Gasteiger partial charge in [-0.1, -0.05) is 34.1 Å². The van der Waals surface area contributed by atoms with Gasteiger partial charge in [0.15, 0.2) is 0 Å². The number of alkyl halides is 2. The molecule has 0 aromatic carbocycles. The molecule has 1 aliphatic rings. The van der Waals surface area contributed by atoms with Gasteiger partial charge in [-0.3, -0.25) is 4.79 Å². The van der Waals surface area contributed by atoms with Gasteiger partial charge in [0.25, 0.3) is 0 Å². The summed E-state index contributed by atoms with van der Waals surface area (Å²) in [6, 6.07) is 0. The molecule has 0 amide bonds. The van der Waals surface area contributed by atoms with Crippen LogP contribution in [-0.2, 0) is 23.5 Å². The van der Waals surface area contributed by atoms with Crippen LogP contribution in [0.25, 0.3) is 0 Å². The topological polar surface area (TPSA) is 72.8 Å². The molecule has 185 valence electrons. The first-order valence-electron chi connectivity index (χ1n) is 8.84. The van der Waals surface area contributed by atoms with Crippen LogP contribution in [0.2, 0.25) is 0 Å². The molecule has 1 saturated heterocycles. The largest absolute Gasteiger partial charge is 1.00 e. The van der Waals surface area contributed by atoms with Crippen LogP contribution < -0.4 is 29.6 Å². The Morgan fingerprint density at radius 3 is 1.27 bits per heavy atom. The van der Waals surface area contributed by atoms with E-state index in [1.165, 1.54) is 26.2 Å². The minimum Gasteiger partial charge on any atom is -1.00 e. The third-order valence-electron chi connectivity index (χ3n) is 1.17. The molecule has 0 unspecified atom stereocenters. The quantitative estimate of drug-likeness (QED) is 0.227. The maximum absolute atomic E-state index is 9.82. The van der Waals surface area contributed by atoms with Gasteiger partial charge in [-0.15, -0.1) is 35.6 Å². The Morgan fingerprint density at radius 1 is 1.03 bits per heavy atom. The molecule has 3 radical (unpaired) electrons. The summed E-state index contributed by atoms with van der Waals surface area (Å²) in [5.41, 5.74) is 0. The molecule has 0 aromatic rings. The minimum absolute atomic E-state index is 0. The fourth-order valence-corrected chi connectivity index (χ4v) is 0.714. The zero-order chi connectivity index (χ0) is 22.9. The number of rotatable bonds is 1. The Bertz CT molecular complexity index is 237. The van der Waals surface area contributed by atoms with Gasteiger partial charge < -0.3 is 16.0 Å². The Kier molecular flexibility index (Phi) is 150. The maximum atomic E-state index is 9.82. The zero-order valence-electron chi connectivity index (χ0n) is 20.8. The van der Waals surface area contributed by atoms with Gasteiger partial charge >= 0.3 is 35.5 Å². The van der Waals surface area contributed by atoms with Crippen molar-refractivity contribution >= 4 is 80.6 Å². The normalized spacial score (nSPS) is 9.10. The number of esters is 1. The van der Waals surface area contributed by atoms with E-state index in [0.717, 1.165) is 25.0 Å². The average Bonchev–Trinajstić information content (AvgIpc) is 3.09. The fraction of sp³-hybridized carbons (Fsp3) is 0.941.